The Bertz CT molecular complexity index is 1890. The normalized spacial score (nSPS) is 20.2. The van der Waals surface area contributed by atoms with E-state index in [1.54, 1.807) is 4.90 Å². The standard InChI is InChI=1S/C39H42N6O2/c46-36(43-22-12-11-17-30(43)23-27-13-3-1-4-14-27)26-44-34-20-9-10-21-35(34)45-37(28-15-5-2-6-16-28)41-42-38(45)32(39(44)47)24-29-25-40-33-19-8-7-18-31(29)33/h2,5-10,15-16,18-21,25,27,30,32,40H,1,3-4,11-14,17,22-24,26H2. The first-order chi connectivity index (χ1) is 23.2. The molecule has 4 heterocycles. The number of hydrogen-bond acceptors (Lipinski definition) is 4. The van der Waals surface area contributed by atoms with Crippen LogP contribution in [0.3, 0.4) is 0 Å². The van der Waals surface area contributed by atoms with Crippen molar-refractivity contribution in [2.75, 3.05) is 18.0 Å². The molecule has 2 unspecified atom stereocenters. The molecule has 8 rings (SSSR count). The van der Waals surface area contributed by atoms with Crippen LogP contribution in [0.25, 0.3) is 28.0 Å². The Balaban J connectivity index is 1.19. The van der Waals surface area contributed by atoms with Crippen LogP contribution in [0.5, 0.6) is 0 Å². The molecule has 1 N–H and O–H groups in total. The number of carbonyl (C=O) groups excluding carboxylic acids is 2. The molecule has 8 nitrogen and oxygen atoms in total. The van der Waals surface area contributed by atoms with Crippen molar-refractivity contribution in [2.24, 2.45) is 5.92 Å². The van der Waals surface area contributed by atoms with Crippen molar-refractivity contribution < 1.29 is 9.59 Å². The van der Waals surface area contributed by atoms with Crippen LogP contribution in [0, 0.1) is 5.92 Å². The summed E-state index contributed by atoms with van der Waals surface area (Å²) in [5.74, 6) is 1.25. The Hall–Kier alpha value is -4.72. The van der Waals surface area contributed by atoms with Gasteiger partial charge in [0, 0.05) is 35.2 Å². The van der Waals surface area contributed by atoms with Gasteiger partial charge in [-0.2, -0.15) is 0 Å². The maximum absolute atomic E-state index is 15.0. The molecule has 0 spiro atoms. The van der Waals surface area contributed by atoms with Crippen LogP contribution in [-0.4, -0.2) is 55.6 Å². The molecule has 3 aromatic carbocycles. The van der Waals surface area contributed by atoms with Crippen LogP contribution < -0.4 is 4.90 Å². The van der Waals surface area contributed by atoms with Crippen molar-refractivity contribution >= 4 is 28.4 Å². The second-order valence-corrected chi connectivity index (χ2v) is 13.6. The molecule has 8 heteroatoms. The van der Waals surface area contributed by atoms with Gasteiger partial charge in [-0.25, -0.2) is 0 Å². The van der Waals surface area contributed by atoms with Crippen molar-refractivity contribution in [3.63, 3.8) is 0 Å². The van der Waals surface area contributed by atoms with E-state index in [0.717, 1.165) is 59.9 Å². The molecule has 2 amide bonds. The van der Waals surface area contributed by atoms with Crippen LogP contribution in [0.2, 0.25) is 0 Å². The zero-order valence-corrected chi connectivity index (χ0v) is 26.9. The molecule has 2 aliphatic heterocycles. The fraction of sp³-hybridized carbons (Fsp3) is 0.385. The molecular weight excluding hydrogens is 584 g/mol. The lowest BCUT2D eigenvalue weighted by Crippen LogP contribution is -2.50. The topological polar surface area (TPSA) is 87.1 Å². The summed E-state index contributed by atoms with van der Waals surface area (Å²) >= 11 is 0. The lowest BCUT2D eigenvalue weighted by atomic mass is 9.82. The number of benzene rings is 3. The summed E-state index contributed by atoms with van der Waals surface area (Å²) in [5, 5.41) is 10.5. The molecule has 0 bridgehead atoms. The lowest BCUT2D eigenvalue weighted by molar-refractivity contribution is -0.135. The largest absolute Gasteiger partial charge is 0.361 e. The maximum Gasteiger partial charge on any atom is 0.242 e. The zero-order valence-electron chi connectivity index (χ0n) is 26.9. The first kappa shape index (κ1) is 29.7. The van der Waals surface area contributed by atoms with Crippen molar-refractivity contribution in [3.05, 3.63) is 96.4 Å². The Kier molecular flexibility index (Phi) is 8.09. The van der Waals surface area contributed by atoms with Gasteiger partial charge in [0.25, 0.3) is 0 Å². The van der Waals surface area contributed by atoms with Gasteiger partial charge >= 0.3 is 0 Å². The number of rotatable bonds is 7. The first-order valence-corrected chi connectivity index (χ1v) is 17.4. The summed E-state index contributed by atoms with van der Waals surface area (Å²) < 4.78 is 2.04. The number of piperidine rings is 1. The summed E-state index contributed by atoms with van der Waals surface area (Å²) in [6.07, 6.45) is 13.2. The number of likely N-dealkylation sites (tertiary alicyclic amines) is 1. The fourth-order valence-electron chi connectivity index (χ4n) is 8.30. The van der Waals surface area contributed by atoms with Crippen molar-refractivity contribution in [3.8, 4) is 17.1 Å². The smallest absolute Gasteiger partial charge is 0.242 e. The highest BCUT2D eigenvalue weighted by Gasteiger charge is 2.40. The quantitative estimate of drug-likeness (QED) is 0.203. The first-order valence-electron chi connectivity index (χ1n) is 17.4. The highest BCUT2D eigenvalue weighted by molar-refractivity contribution is 6.05. The molecule has 0 radical (unpaired) electrons. The molecule has 2 aromatic heterocycles. The molecule has 2 atom stereocenters. The minimum atomic E-state index is -0.640. The predicted molar refractivity (Wildman–Crippen MR) is 184 cm³/mol. The molecule has 1 aliphatic carbocycles. The summed E-state index contributed by atoms with van der Waals surface area (Å²) in [5.41, 5.74) is 4.51. The van der Waals surface area contributed by atoms with E-state index < -0.39 is 5.92 Å². The number of hydrogen-bond donors (Lipinski definition) is 1. The summed E-state index contributed by atoms with van der Waals surface area (Å²) in [6.45, 7) is 0.780. The number of anilines is 1. The highest BCUT2D eigenvalue weighted by atomic mass is 16.2. The van der Waals surface area contributed by atoms with E-state index in [1.807, 2.05) is 83.6 Å². The molecule has 5 aromatic rings. The third-order valence-electron chi connectivity index (χ3n) is 10.7. The summed E-state index contributed by atoms with van der Waals surface area (Å²) in [7, 11) is 0. The fourth-order valence-corrected chi connectivity index (χ4v) is 8.30. The zero-order chi connectivity index (χ0) is 31.7. The van der Waals surface area contributed by atoms with Gasteiger partial charge in [0.05, 0.1) is 11.4 Å². The van der Waals surface area contributed by atoms with Crippen molar-refractivity contribution in [1.82, 2.24) is 24.6 Å². The monoisotopic (exact) mass is 626 g/mol. The number of fused-ring (bicyclic) bond motifs is 4. The van der Waals surface area contributed by atoms with Crippen LogP contribution in [0.15, 0.2) is 85.1 Å². The summed E-state index contributed by atoms with van der Waals surface area (Å²) in [6, 6.07) is 26.3. The van der Waals surface area contributed by atoms with Gasteiger partial charge in [0.2, 0.25) is 11.8 Å². The third-order valence-corrected chi connectivity index (χ3v) is 10.7. The van der Waals surface area contributed by atoms with Gasteiger partial charge in [-0.05, 0) is 61.8 Å². The summed E-state index contributed by atoms with van der Waals surface area (Å²) in [4.78, 5) is 36.6. The van der Waals surface area contributed by atoms with Gasteiger partial charge in [-0.3, -0.25) is 14.2 Å². The molecule has 1 saturated carbocycles. The minimum Gasteiger partial charge on any atom is -0.361 e. The van der Waals surface area contributed by atoms with Gasteiger partial charge < -0.3 is 14.8 Å². The number of amides is 2. The SMILES string of the molecule is O=C1C(Cc2c[nH]c3ccccc23)c2nnc(-c3ccccc3)n2-c2ccccc2N1CC(=O)N1CCCCC1CC1CCCCC1. The maximum atomic E-state index is 15.0. The van der Waals surface area contributed by atoms with Gasteiger partial charge in [0.1, 0.15) is 12.5 Å². The number of para-hydroxylation sites is 3. The van der Waals surface area contributed by atoms with Crippen LogP contribution in [0.4, 0.5) is 5.69 Å². The molecule has 1 saturated heterocycles. The lowest BCUT2D eigenvalue weighted by Gasteiger charge is -2.39. The van der Waals surface area contributed by atoms with Crippen LogP contribution >= 0.6 is 0 Å². The second-order valence-electron chi connectivity index (χ2n) is 13.6. The van der Waals surface area contributed by atoms with E-state index in [1.165, 1.54) is 32.1 Å². The predicted octanol–water partition coefficient (Wildman–Crippen LogP) is 7.44. The van der Waals surface area contributed by atoms with E-state index in [2.05, 4.69) is 21.0 Å². The number of carbonyl (C=O) groups is 2. The molecule has 47 heavy (non-hydrogen) atoms. The van der Waals surface area contributed by atoms with E-state index in [-0.39, 0.29) is 24.4 Å². The van der Waals surface area contributed by atoms with Gasteiger partial charge in [-0.15, -0.1) is 10.2 Å². The number of aromatic nitrogens is 4. The third kappa shape index (κ3) is 5.64. The highest BCUT2D eigenvalue weighted by Crippen LogP contribution is 2.39. The number of nitrogens with zero attached hydrogens (tertiary/aromatic N) is 5. The van der Waals surface area contributed by atoms with E-state index >= 15 is 0 Å². The van der Waals surface area contributed by atoms with E-state index in [9.17, 15) is 9.59 Å². The Morgan fingerprint density at radius 2 is 1.55 bits per heavy atom. The minimum absolute atomic E-state index is 0.0142. The van der Waals surface area contributed by atoms with E-state index in [4.69, 9.17) is 5.10 Å². The average molecular weight is 627 g/mol. The number of H-pyrrole nitrogens is 1. The second kappa shape index (κ2) is 12.8. The molecule has 3 aliphatic rings. The molecule has 240 valence electrons. The Morgan fingerprint density at radius 1 is 0.809 bits per heavy atom. The number of nitrogens with one attached hydrogen (secondary N) is 1. The van der Waals surface area contributed by atoms with Gasteiger partial charge in [-0.1, -0.05) is 92.8 Å². The van der Waals surface area contributed by atoms with Crippen molar-refractivity contribution in [1.29, 1.82) is 0 Å². The van der Waals surface area contributed by atoms with Crippen molar-refractivity contribution in [2.45, 2.75) is 76.2 Å². The number of aromatic amines is 1. The van der Waals surface area contributed by atoms with Gasteiger partial charge in [0.15, 0.2) is 11.6 Å². The van der Waals surface area contributed by atoms with Crippen LogP contribution in [0.1, 0.15) is 75.1 Å². The van der Waals surface area contributed by atoms with E-state index in [0.29, 0.717) is 29.7 Å². The van der Waals surface area contributed by atoms with Crippen LogP contribution in [-0.2, 0) is 16.0 Å². The Labute approximate surface area is 275 Å². The molecular formula is C39H42N6O2. The molecule has 2 fully saturated rings. The average Bonchev–Trinajstić information content (AvgIpc) is 3.73. The Morgan fingerprint density at radius 3 is 2.40 bits per heavy atom.